The summed E-state index contributed by atoms with van der Waals surface area (Å²) in [6, 6.07) is 3.55. The second-order valence-electron chi connectivity index (χ2n) is 6.67. The second kappa shape index (κ2) is 8.81. The number of piperidine rings is 1. The van der Waals surface area contributed by atoms with Crippen molar-refractivity contribution in [3.8, 4) is 5.75 Å². The normalized spacial score (nSPS) is 17.7. The quantitative estimate of drug-likeness (QED) is 0.781. The number of rotatable bonds is 7. The van der Waals surface area contributed by atoms with Gasteiger partial charge in [-0.1, -0.05) is 13.3 Å². The van der Waals surface area contributed by atoms with Crippen LogP contribution < -0.4 is 10.1 Å². The highest BCUT2D eigenvalue weighted by molar-refractivity contribution is 7.89. The Balaban J connectivity index is 2.05. The lowest BCUT2D eigenvalue weighted by molar-refractivity contribution is -0.126. The molecule has 0 unspecified atom stereocenters. The van der Waals surface area contributed by atoms with Crippen molar-refractivity contribution in [2.45, 2.75) is 50.5 Å². The average molecular weight is 386 g/mol. The predicted molar refractivity (Wildman–Crippen MR) is 96.9 cm³/mol. The van der Waals surface area contributed by atoms with Gasteiger partial charge in [0, 0.05) is 25.0 Å². The SMILES string of the molecule is CCC[C@H](C)NC(=O)C1CCN(S(=O)(=O)c2cc(F)ccc2OC)CC1. The van der Waals surface area contributed by atoms with Crippen LogP contribution in [0.5, 0.6) is 5.75 Å². The molecular weight excluding hydrogens is 359 g/mol. The lowest BCUT2D eigenvalue weighted by atomic mass is 9.96. The molecule has 1 aromatic rings. The van der Waals surface area contributed by atoms with Crippen LogP contribution in [0.2, 0.25) is 0 Å². The van der Waals surface area contributed by atoms with Crippen LogP contribution in [0.4, 0.5) is 4.39 Å². The van der Waals surface area contributed by atoms with Crippen molar-refractivity contribution in [3.63, 3.8) is 0 Å². The van der Waals surface area contributed by atoms with Gasteiger partial charge in [0.2, 0.25) is 15.9 Å². The highest BCUT2D eigenvalue weighted by Crippen LogP contribution is 2.30. The van der Waals surface area contributed by atoms with E-state index in [2.05, 4.69) is 12.2 Å². The number of carbonyl (C=O) groups excluding carboxylic acids is 1. The zero-order valence-electron chi connectivity index (χ0n) is 15.5. The molecule has 0 saturated carbocycles. The van der Waals surface area contributed by atoms with Crippen molar-refractivity contribution in [1.82, 2.24) is 9.62 Å². The minimum atomic E-state index is -3.87. The molecule has 1 saturated heterocycles. The highest BCUT2D eigenvalue weighted by Gasteiger charge is 2.34. The number of nitrogens with one attached hydrogen (secondary N) is 1. The van der Waals surface area contributed by atoms with Crippen molar-refractivity contribution < 1.29 is 22.3 Å². The smallest absolute Gasteiger partial charge is 0.246 e. The molecule has 1 N–H and O–H groups in total. The van der Waals surface area contributed by atoms with E-state index in [0.29, 0.717) is 12.8 Å². The molecule has 146 valence electrons. The van der Waals surface area contributed by atoms with Crippen LogP contribution in [0.15, 0.2) is 23.1 Å². The number of nitrogens with zero attached hydrogens (tertiary/aromatic N) is 1. The van der Waals surface area contributed by atoms with E-state index < -0.39 is 15.8 Å². The van der Waals surface area contributed by atoms with Crippen LogP contribution >= 0.6 is 0 Å². The van der Waals surface area contributed by atoms with Gasteiger partial charge >= 0.3 is 0 Å². The fourth-order valence-corrected chi connectivity index (χ4v) is 4.85. The van der Waals surface area contributed by atoms with Crippen LogP contribution in [0, 0.1) is 11.7 Å². The maximum Gasteiger partial charge on any atom is 0.246 e. The summed E-state index contributed by atoms with van der Waals surface area (Å²) in [5.41, 5.74) is 0. The number of halogens is 1. The number of sulfonamides is 1. The first-order valence-corrected chi connectivity index (χ1v) is 10.4. The fraction of sp³-hybridized carbons (Fsp3) is 0.611. The molecular formula is C18H27FN2O4S. The summed E-state index contributed by atoms with van der Waals surface area (Å²) >= 11 is 0. The molecule has 1 heterocycles. The number of hydrogen-bond donors (Lipinski definition) is 1. The number of methoxy groups -OCH3 is 1. The van der Waals surface area contributed by atoms with Gasteiger partial charge in [0.25, 0.3) is 0 Å². The first-order valence-electron chi connectivity index (χ1n) is 8.93. The van der Waals surface area contributed by atoms with Gasteiger partial charge < -0.3 is 10.1 Å². The number of carbonyl (C=O) groups is 1. The summed E-state index contributed by atoms with van der Waals surface area (Å²) in [4.78, 5) is 12.1. The zero-order valence-corrected chi connectivity index (χ0v) is 16.3. The van der Waals surface area contributed by atoms with E-state index in [1.165, 1.54) is 17.5 Å². The standard InChI is InChI=1S/C18H27FN2O4S/c1-4-5-13(2)20-18(22)14-8-10-21(11-9-14)26(23,24)17-12-15(19)6-7-16(17)25-3/h6-7,12-14H,4-5,8-11H2,1-3H3,(H,20,22)/t13-/m0/s1. The van der Waals surface area contributed by atoms with Crippen molar-refractivity contribution in [3.05, 3.63) is 24.0 Å². The number of ether oxygens (including phenoxy) is 1. The molecule has 0 bridgehead atoms. The van der Waals surface area contributed by atoms with Crippen molar-refractivity contribution in [2.75, 3.05) is 20.2 Å². The third-order valence-corrected chi connectivity index (χ3v) is 6.60. The Bertz CT molecular complexity index is 731. The van der Waals surface area contributed by atoms with Crippen molar-refractivity contribution in [1.29, 1.82) is 0 Å². The van der Waals surface area contributed by atoms with Gasteiger partial charge in [0.15, 0.2) is 0 Å². The average Bonchev–Trinajstić information content (AvgIpc) is 2.62. The molecule has 8 heteroatoms. The maximum absolute atomic E-state index is 13.5. The third kappa shape index (κ3) is 4.73. The van der Waals surface area contributed by atoms with Gasteiger partial charge in [0.1, 0.15) is 16.5 Å². The van der Waals surface area contributed by atoms with Crippen LogP contribution in [0.3, 0.4) is 0 Å². The van der Waals surface area contributed by atoms with Gasteiger partial charge in [-0.15, -0.1) is 0 Å². The molecule has 0 aromatic heterocycles. The topological polar surface area (TPSA) is 75.7 Å². The summed E-state index contributed by atoms with van der Waals surface area (Å²) in [5, 5.41) is 2.98. The Labute approximate surface area is 154 Å². The Morgan fingerprint density at radius 2 is 2.04 bits per heavy atom. The lowest BCUT2D eigenvalue weighted by Crippen LogP contribution is -2.44. The molecule has 1 aromatic carbocycles. The van der Waals surface area contributed by atoms with Gasteiger partial charge in [-0.25, -0.2) is 12.8 Å². The van der Waals surface area contributed by atoms with Crippen molar-refractivity contribution >= 4 is 15.9 Å². The molecule has 1 aliphatic heterocycles. The van der Waals surface area contributed by atoms with E-state index in [4.69, 9.17) is 4.74 Å². The van der Waals surface area contributed by atoms with Crippen LogP contribution in [-0.2, 0) is 14.8 Å². The van der Waals surface area contributed by atoms with E-state index in [1.807, 2.05) is 6.92 Å². The van der Waals surface area contributed by atoms with E-state index in [0.717, 1.165) is 25.0 Å². The summed E-state index contributed by atoms with van der Waals surface area (Å²) in [7, 11) is -2.52. The minimum absolute atomic E-state index is 0.0219. The highest BCUT2D eigenvalue weighted by atomic mass is 32.2. The molecule has 0 radical (unpaired) electrons. The van der Waals surface area contributed by atoms with E-state index in [-0.39, 0.29) is 41.6 Å². The Morgan fingerprint density at radius 1 is 1.38 bits per heavy atom. The fourth-order valence-electron chi connectivity index (χ4n) is 3.22. The molecule has 0 aliphatic carbocycles. The Hall–Kier alpha value is -1.67. The van der Waals surface area contributed by atoms with Crippen LogP contribution in [-0.4, -0.2) is 44.9 Å². The van der Waals surface area contributed by atoms with Gasteiger partial charge in [0.05, 0.1) is 7.11 Å². The molecule has 0 spiro atoms. The molecule has 1 amide bonds. The number of hydrogen-bond acceptors (Lipinski definition) is 4. The molecule has 6 nitrogen and oxygen atoms in total. The Morgan fingerprint density at radius 3 is 2.62 bits per heavy atom. The number of benzene rings is 1. The first kappa shape index (κ1) is 20.6. The van der Waals surface area contributed by atoms with E-state index >= 15 is 0 Å². The third-order valence-electron chi connectivity index (χ3n) is 4.68. The van der Waals surface area contributed by atoms with Gasteiger partial charge in [-0.3, -0.25) is 4.79 Å². The Kier molecular flexibility index (Phi) is 7.00. The van der Waals surface area contributed by atoms with Crippen molar-refractivity contribution in [2.24, 2.45) is 5.92 Å². The second-order valence-corrected chi connectivity index (χ2v) is 8.58. The monoisotopic (exact) mass is 386 g/mol. The summed E-state index contributed by atoms with van der Waals surface area (Å²) in [6.45, 7) is 4.48. The minimum Gasteiger partial charge on any atom is -0.495 e. The van der Waals surface area contributed by atoms with Gasteiger partial charge in [-0.05, 0) is 44.4 Å². The summed E-state index contributed by atoms with van der Waals surface area (Å²) < 4.78 is 45.6. The predicted octanol–water partition coefficient (Wildman–Crippen LogP) is 2.54. The largest absolute Gasteiger partial charge is 0.495 e. The van der Waals surface area contributed by atoms with E-state index in [9.17, 15) is 17.6 Å². The summed E-state index contributed by atoms with van der Waals surface area (Å²) in [5.74, 6) is -0.746. The van der Waals surface area contributed by atoms with Crippen LogP contribution in [0.25, 0.3) is 0 Å². The molecule has 26 heavy (non-hydrogen) atoms. The zero-order chi connectivity index (χ0) is 19.3. The molecule has 1 aliphatic rings. The molecule has 2 rings (SSSR count). The first-order chi connectivity index (χ1) is 12.3. The molecule has 1 atom stereocenters. The molecule has 1 fully saturated rings. The lowest BCUT2D eigenvalue weighted by Gasteiger charge is -2.31. The van der Waals surface area contributed by atoms with E-state index in [1.54, 1.807) is 0 Å². The summed E-state index contributed by atoms with van der Waals surface area (Å²) in [6.07, 6.45) is 2.80. The van der Waals surface area contributed by atoms with Crippen LogP contribution in [0.1, 0.15) is 39.5 Å². The van der Waals surface area contributed by atoms with Gasteiger partial charge in [-0.2, -0.15) is 4.31 Å². The number of amides is 1. The maximum atomic E-state index is 13.5.